The predicted octanol–water partition coefficient (Wildman–Crippen LogP) is 3.08. The number of hydrogen-bond donors (Lipinski definition) is 2. The fourth-order valence-electron chi connectivity index (χ4n) is 5.52. The van der Waals surface area contributed by atoms with E-state index < -0.39 is 5.60 Å². The van der Waals surface area contributed by atoms with Gasteiger partial charge in [0.15, 0.2) is 0 Å². The number of nitrogens with two attached hydrogens (primary N) is 1. The Morgan fingerprint density at radius 2 is 1.89 bits per heavy atom. The van der Waals surface area contributed by atoms with Crippen LogP contribution in [0.25, 0.3) is 0 Å². The fourth-order valence-corrected chi connectivity index (χ4v) is 5.52. The summed E-state index contributed by atoms with van der Waals surface area (Å²) in [7, 11) is 0. The summed E-state index contributed by atoms with van der Waals surface area (Å²) in [6.07, 6.45) is 11.0. The summed E-state index contributed by atoms with van der Waals surface area (Å²) in [5, 5.41) is 11.3. The molecule has 3 fully saturated rings. The molecule has 0 heterocycles. The molecule has 0 aromatic rings. The molecule has 0 spiro atoms. The molecule has 2 nitrogen and oxygen atoms in total. The molecule has 104 valence electrons. The van der Waals surface area contributed by atoms with Crippen LogP contribution < -0.4 is 5.73 Å². The Kier molecular flexibility index (Phi) is 3.22. The standard InChI is InChI=1S/C16H29NO/c1-2-12-5-7-16(18,8-6-12)15(11-17)10-13-3-4-14(15)9-13/h12-14,18H,2-11,17H2,1H3. The van der Waals surface area contributed by atoms with Crippen LogP contribution in [0, 0.1) is 23.2 Å². The Morgan fingerprint density at radius 3 is 2.33 bits per heavy atom. The van der Waals surface area contributed by atoms with Gasteiger partial charge in [-0.25, -0.2) is 0 Å². The van der Waals surface area contributed by atoms with E-state index in [0.717, 1.165) is 30.6 Å². The molecule has 3 saturated carbocycles. The molecule has 3 aliphatic carbocycles. The Hall–Kier alpha value is -0.0800. The van der Waals surface area contributed by atoms with Gasteiger partial charge >= 0.3 is 0 Å². The van der Waals surface area contributed by atoms with E-state index >= 15 is 0 Å². The average Bonchev–Trinajstić information content (AvgIpc) is 3.00. The highest BCUT2D eigenvalue weighted by Gasteiger charge is 2.60. The maximum absolute atomic E-state index is 11.3. The highest BCUT2D eigenvalue weighted by Crippen LogP contribution is 2.62. The minimum absolute atomic E-state index is 0.0780. The molecule has 3 N–H and O–H groups in total. The molecule has 0 aromatic carbocycles. The zero-order valence-corrected chi connectivity index (χ0v) is 11.8. The third kappa shape index (κ3) is 1.68. The first kappa shape index (κ1) is 12.9. The summed E-state index contributed by atoms with van der Waals surface area (Å²) in [4.78, 5) is 0. The molecule has 3 unspecified atom stereocenters. The smallest absolute Gasteiger partial charge is 0.0718 e. The minimum atomic E-state index is -0.437. The third-order valence-corrected chi connectivity index (χ3v) is 6.78. The van der Waals surface area contributed by atoms with Crippen molar-refractivity contribution in [2.45, 2.75) is 70.3 Å². The zero-order chi connectivity index (χ0) is 12.8. The van der Waals surface area contributed by atoms with Crippen molar-refractivity contribution in [3.05, 3.63) is 0 Å². The summed E-state index contributed by atoms with van der Waals surface area (Å²) >= 11 is 0. The fraction of sp³-hybridized carbons (Fsp3) is 1.00. The van der Waals surface area contributed by atoms with Crippen LogP contribution in [0.4, 0.5) is 0 Å². The van der Waals surface area contributed by atoms with Crippen LogP contribution in [-0.2, 0) is 0 Å². The van der Waals surface area contributed by atoms with Gasteiger partial charge in [0.05, 0.1) is 5.60 Å². The summed E-state index contributed by atoms with van der Waals surface area (Å²) in [5.41, 5.74) is 5.82. The van der Waals surface area contributed by atoms with E-state index in [1.807, 2.05) is 0 Å². The molecule has 2 bridgehead atoms. The lowest BCUT2D eigenvalue weighted by molar-refractivity contribution is -0.137. The first-order valence-electron chi connectivity index (χ1n) is 8.06. The van der Waals surface area contributed by atoms with Gasteiger partial charge in [0.2, 0.25) is 0 Å². The molecule has 0 saturated heterocycles. The van der Waals surface area contributed by atoms with Crippen LogP contribution in [-0.4, -0.2) is 17.3 Å². The van der Waals surface area contributed by atoms with E-state index in [4.69, 9.17) is 5.73 Å². The average molecular weight is 251 g/mol. The number of hydrogen-bond acceptors (Lipinski definition) is 2. The Balaban J connectivity index is 1.80. The van der Waals surface area contributed by atoms with Crippen molar-refractivity contribution in [1.29, 1.82) is 0 Å². The van der Waals surface area contributed by atoms with E-state index in [9.17, 15) is 5.11 Å². The quantitative estimate of drug-likeness (QED) is 0.809. The summed E-state index contributed by atoms with van der Waals surface area (Å²) < 4.78 is 0. The SMILES string of the molecule is CCC1CCC(O)(C2(CN)CC3CCC2C3)CC1. The topological polar surface area (TPSA) is 46.2 Å². The molecule has 0 aliphatic heterocycles. The highest BCUT2D eigenvalue weighted by molar-refractivity contribution is 5.11. The van der Waals surface area contributed by atoms with Crippen LogP contribution >= 0.6 is 0 Å². The second-order valence-electron chi connectivity index (χ2n) is 7.32. The van der Waals surface area contributed by atoms with Gasteiger partial charge in [-0.1, -0.05) is 19.8 Å². The number of fused-ring (bicyclic) bond motifs is 2. The van der Waals surface area contributed by atoms with E-state index in [2.05, 4.69) is 6.92 Å². The number of rotatable bonds is 3. The van der Waals surface area contributed by atoms with Gasteiger partial charge in [0.25, 0.3) is 0 Å². The Labute approximate surface area is 111 Å². The van der Waals surface area contributed by atoms with E-state index in [1.165, 1.54) is 44.9 Å². The molecule has 0 aromatic heterocycles. The summed E-state index contributed by atoms with van der Waals surface area (Å²) in [5.74, 6) is 2.43. The van der Waals surface area contributed by atoms with Crippen LogP contribution in [0.3, 0.4) is 0 Å². The molecule has 3 rings (SSSR count). The molecule has 18 heavy (non-hydrogen) atoms. The maximum Gasteiger partial charge on any atom is 0.0718 e. The first-order valence-corrected chi connectivity index (χ1v) is 8.06. The van der Waals surface area contributed by atoms with Crippen molar-refractivity contribution in [2.75, 3.05) is 6.54 Å². The Bertz CT molecular complexity index is 308. The summed E-state index contributed by atoms with van der Waals surface area (Å²) in [6, 6.07) is 0. The monoisotopic (exact) mass is 251 g/mol. The van der Waals surface area contributed by atoms with Crippen LogP contribution in [0.15, 0.2) is 0 Å². The minimum Gasteiger partial charge on any atom is -0.389 e. The second kappa shape index (κ2) is 4.49. The van der Waals surface area contributed by atoms with Crippen molar-refractivity contribution in [3.8, 4) is 0 Å². The molecule has 0 amide bonds. The van der Waals surface area contributed by atoms with Gasteiger partial charge in [-0.05, 0) is 62.7 Å². The lowest BCUT2D eigenvalue weighted by Gasteiger charge is -2.52. The van der Waals surface area contributed by atoms with Crippen molar-refractivity contribution in [3.63, 3.8) is 0 Å². The lowest BCUT2D eigenvalue weighted by atomic mass is 9.57. The largest absolute Gasteiger partial charge is 0.389 e. The van der Waals surface area contributed by atoms with Crippen LogP contribution in [0.2, 0.25) is 0 Å². The van der Waals surface area contributed by atoms with Crippen molar-refractivity contribution in [1.82, 2.24) is 0 Å². The molecule has 2 heteroatoms. The summed E-state index contributed by atoms with van der Waals surface area (Å²) in [6.45, 7) is 2.99. The van der Waals surface area contributed by atoms with E-state index in [-0.39, 0.29) is 5.41 Å². The highest BCUT2D eigenvalue weighted by atomic mass is 16.3. The van der Waals surface area contributed by atoms with Gasteiger partial charge in [-0.3, -0.25) is 0 Å². The van der Waals surface area contributed by atoms with Crippen molar-refractivity contribution in [2.24, 2.45) is 28.9 Å². The Morgan fingerprint density at radius 1 is 1.17 bits per heavy atom. The molecular weight excluding hydrogens is 222 g/mol. The molecule has 0 radical (unpaired) electrons. The molecule has 3 atom stereocenters. The molecular formula is C16H29NO. The van der Waals surface area contributed by atoms with E-state index in [0.29, 0.717) is 6.54 Å². The van der Waals surface area contributed by atoms with Gasteiger partial charge in [0.1, 0.15) is 0 Å². The molecule has 3 aliphatic rings. The third-order valence-electron chi connectivity index (χ3n) is 6.78. The first-order chi connectivity index (χ1) is 8.63. The van der Waals surface area contributed by atoms with Gasteiger partial charge in [-0.2, -0.15) is 0 Å². The number of aliphatic hydroxyl groups is 1. The van der Waals surface area contributed by atoms with Crippen LogP contribution in [0.5, 0.6) is 0 Å². The van der Waals surface area contributed by atoms with E-state index in [1.54, 1.807) is 0 Å². The van der Waals surface area contributed by atoms with Crippen molar-refractivity contribution >= 4 is 0 Å². The normalized spacial score (nSPS) is 51.8. The van der Waals surface area contributed by atoms with Gasteiger partial charge < -0.3 is 10.8 Å². The lowest BCUT2D eigenvalue weighted by Crippen LogP contribution is -2.57. The van der Waals surface area contributed by atoms with Gasteiger partial charge in [0, 0.05) is 12.0 Å². The zero-order valence-electron chi connectivity index (χ0n) is 11.8. The van der Waals surface area contributed by atoms with Crippen LogP contribution in [0.1, 0.15) is 64.7 Å². The predicted molar refractivity (Wildman–Crippen MR) is 74.1 cm³/mol. The van der Waals surface area contributed by atoms with Crippen molar-refractivity contribution < 1.29 is 5.11 Å². The second-order valence-corrected chi connectivity index (χ2v) is 7.32. The maximum atomic E-state index is 11.3. The van der Waals surface area contributed by atoms with Gasteiger partial charge in [-0.15, -0.1) is 0 Å².